The van der Waals surface area contributed by atoms with Gasteiger partial charge in [-0.3, -0.25) is 9.78 Å². The van der Waals surface area contributed by atoms with Gasteiger partial charge in [0.2, 0.25) is 17.7 Å². The largest absolute Gasteiger partial charge is 0.490 e. The molecule has 0 aliphatic carbocycles. The molecule has 9 nitrogen and oxygen atoms in total. The fourth-order valence-corrected chi connectivity index (χ4v) is 3.88. The number of alkyl halides is 2. The minimum Gasteiger partial charge on any atom is -0.490 e. The second kappa shape index (κ2) is 9.72. The average molecular weight is 444 g/mol. The monoisotopic (exact) mass is 444 g/mol. The first-order valence-corrected chi connectivity index (χ1v) is 10.3. The summed E-state index contributed by atoms with van der Waals surface area (Å²) in [5.41, 5.74) is 1.09. The zero-order chi connectivity index (χ0) is 22.5. The molecule has 168 valence electrons. The summed E-state index contributed by atoms with van der Waals surface area (Å²) in [6.07, 6.45) is 3.22. The molecule has 0 bridgehead atoms. The Morgan fingerprint density at radius 2 is 2.12 bits per heavy atom. The molecule has 2 aromatic rings. The summed E-state index contributed by atoms with van der Waals surface area (Å²) in [6.45, 7) is 1.51. The van der Waals surface area contributed by atoms with E-state index in [0.717, 1.165) is 5.56 Å². The zero-order valence-corrected chi connectivity index (χ0v) is 17.3. The van der Waals surface area contributed by atoms with Crippen LogP contribution in [0.2, 0.25) is 0 Å². The Morgan fingerprint density at radius 1 is 1.31 bits per heavy atom. The Balaban J connectivity index is 1.37. The van der Waals surface area contributed by atoms with E-state index in [1.165, 1.54) is 18.5 Å². The molecule has 0 N–H and O–H groups in total. The van der Waals surface area contributed by atoms with Gasteiger partial charge in [0.15, 0.2) is 6.61 Å². The lowest BCUT2D eigenvalue weighted by atomic mass is 9.95. The van der Waals surface area contributed by atoms with E-state index in [-0.39, 0.29) is 17.7 Å². The Bertz CT molecular complexity index is 1010. The van der Waals surface area contributed by atoms with Gasteiger partial charge in [0.1, 0.15) is 24.0 Å². The SMILES string of the molecule is N#Cc1cncc2c1OCCN(C(=O)C1CCN(c3nccc(OCC(F)F)n3)CC1)C2. The van der Waals surface area contributed by atoms with Crippen molar-refractivity contribution in [3.63, 3.8) is 0 Å². The van der Waals surface area contributed by atoms with Gasteiger partial charge in [-0.2, -0.15) is 10.2 Å². The molecule has 1 saturated heterocycles. The predicted octanol–water partition coefficient (Wildman–Crippen LogP) is 2.02. The number of ether oxygens (including phenoxy) is 2. The van der Waals surface area contributed by atoms with Crippen molar-refractivity contribution in [3.8, 4) is 17.7 Å². The summed E-state index contributed by atoms with van der Waals surface area (Å²) in [4.78, 5) is 29.3. The minimum absolute atomic E-state index is 0.0402. The van der Waals surface area contributed by atoms with Crippen LogP contribution in [0, 0.1) is 17.2 Å². The molecule has 1 fully saturated rings. The summed E-state index contributed by atoms with van der Waals surface area (Å²) >= 11 is 0. The molecule has 4 heterocycles. The normalized spacial score (nSPS) is 16.7. The molecule has 11 heteroatoms. The van der Waals surface area contributed by atoms with Crippen LogP contribution in [0.5, 0.6) is 11.6 Å². The highest BCUT2D eigenvalue weighted by Gasteiger charge is 2.31. The number of hydrogen-bond acceptors (Lipinski definition) is 8. The van der Waals surface area contributed by atoms with Gasteiger partial charge >= 0.3 is 0 Å². The first kappa shape index (κ1) is 21.7. The van der Waals surface area contributed by atoms with Crippen LogP contribution < -0.4 is 14.4 Å². The molecule has 1 amide bonds. The number of nitrogens with zero attached hydrogens (tertiary/aromatic N) is 6. The summed E-state index contributed by atoms with van der Waals surface area (Å²) in [5, 5.41) is 9.25. The van der Waals surface area contributed by atoms with Crippen LogP contribution in [0.1, 0.15) is 24.0 Å². The third-order valence-corrected chi connectivity index (χ3v) is 5.47. The highest BCUT2D eigenvalue weighted by Crippen LogP contribution is 2.29. The summed E-state index contributed by atoms with van der Waals surface area (Å²) in [6, 6.07) is 3.51. The molecule has 0 aromatic carbocycles. The third-order valence-electron chi connectivity index (χ3n) is 5.47. The number of nitriles is 1. The van der Waals surface area contributed by atoms with E-state index in [2.05, 4.69) is 21.0 Å². The zero-order valence-electron chi connectivity index (χ0n) is 17.3. The van der Waals surface area contributed by atoms with Gasteiger partial charge in [0.05, 0.1) is 13.1 Å². The van der Waals surface area contributed by atoms with Gasteiger partial charge in [-0.25, -0.2) is 13.8 Å². The lowest BCUT2D eigenvalue weighted by Crippen LogP contribution is -2.43. The summed E-state index contributed by atoms with van der Waals surface area (Å²) < 4.78 is 35.4. The van der Waals surface area contributed by atoms with Crippen LogP contribution in [0.25, 0.3) is 0 Å². The second-order valence-electron chi connectivity index (χ2n) is 7.55. The maximum atomic E-state index is 13.2. The van der Waals surface area contributed by atoms with Crippen molar-refractivity contribution < 1.29 is 23.0 Å². The van der Waals surface area contributed by atoms with Crippen molar-refractivity contribution in [3.05, 3.63) is 35.8 Å². The lowest BCUT2D eigenvalue weighted by Gasteiger charge is -2.33. The predicted molar refractivity (Wildman–Crippen MR) is 108 cm³/mol. The number of amides is 1. The first-order valence-electron chi connectivity index (χ1n) is 10.3. The number of piperidine rings is 1. The molecule has 0 saturated carbocycles. The van der Waals surface area contributed by atoms with Crippen LogP contribution >= 0.6 is 0 Å². The van der Waals surface area contributed by atoms with Crippen molar-refractivity contribution >= 4 is 11.9 Å². The standard InChI is InChI=1S/C21H22F2N6O3/c22-17(23)13-32-18-1-4-26-21(27-18)28-5-2-14(3-6-28)20(30)29-7-8-31-19-15(9-24)10-25-11-16(19)12-29/h1,4,10-11,14,17H,2-3,5-8,12-13H2. The molecule has 2 aromatic heterocycles. The lowest BCUT2D eigenvalue weighted by molar-refractivity contribution is -0.137. The highest BCUT2D eigenvalue weighted by molar-refractivity contribution is 5.79. The molecule has 0 unspecified atom stereocenters. The fourth-order valence-electron chi connectivity index (χ4n) is 3.88. The van der Waals surface area contributed by atoms with Crippen molar-refractivity contribution in [1.82, 2.24) is 19.9 Å². The maximum Gasteiger partial charge on any atom is 0.272 e. The Labute approximate surface area is 183 Å². The molecular weight excluding hydrogens is 422 g/mol. The minimum atomic E-state index is -2.58. The number of halogens is 2. The van der Waals surface area contributed by atoms with E-state index in [0.29, 0.717) is 62.9 Å². The summed E-state index contributed by atoms with van der Waals surface area (Å²) in [7, 11) is 0. The van der Waals surface area contributed by atoms with E-state index in [1.807, 2.05) is 4.90 Å². The molecule has 0 spiro atoms. The molecule has 2 aliphatic heterocycles. The quantitative estimate of drug-likeness (QED) is 0.690. The van der Waals surface area contributed by atoms with Gasteiger partial charge < -0.3 is 19.3 Å². The molecule has 2 aliphatic rings. The van der Waals surface area contributed by atoms with Gasteiger partial charge in [-0.1, -0.05) is 0 Å². The van der Waals surface area contributed by atoms with Gasteiger partial charge in [0.25, 0.3) is 6.43 Å². The molecular formula is C21H22F2N6O3. The van der Waals surface area contributed by atoms with Crippen LogP contribution in [-0.4, -0.2) is 65.0 Å². The topological polar surface area (TPSA) is 104 Å². The van der Waals surface area contributed by atoms with Crippen LogP contribution in [0.15, 0.2) is 24.7 Å². The molecule has 0 atom stereocenters. The summed E-state index contributed by atoms with van der Waals surface area (Å²) in [5.74, 6) is 0.882. The van der Waals surface area contributed by atoms with E-state index in [1.54, 1.807) is 11.1 Å². The molecule has 4 rings (SSSR count). The van der Waals surface area contributed by atoms with Crippen LogP contribution in [-0.2, 0) is 11.3 Å². The number of carbonyl (C=O) groups is 1. The Morgan fingerprint density at radius 3 is 2.88 bits per heavy atom. The third kappa shape index (κ3) is 4.85. The van der Waals surface area contributed by atoms with Crippen molar-refractivity contribution in [1.29, 1.82) is 5.26 Å². The first-order chi connectivity index (χ1) is 15.5. The molecule has 0 radical (unpaired) electrons. The Kier molecular flexibility index (Phi) is 6.58. The molecule has 32 heavy (non-hydrogen) atoms. The van der Waals surface area contributed by atoms with Crippen LogP contribution in [0.4, 0.5) is 14.7 Å². The van der Waals surface area contributed by atoms with Gasteiger partial charge in [0, 0.05) is 49.2 Å². The number of hydrogen-bond donors (Lipinski definition) is 0. The van der Waals surface area contributed by atoms with E-state index in [9.17, 15) is 18.8 Å². The van der Waals surface area contributed by atoms with E-state index >= 15 is 0 Å². The van der Waals surface area contributed by atoms with Crippen LogP contribution in [0.3, 0.4) is 0 Å². The van der Waals surface area contributed by atoms with E-state index < -0.39 is 13.0 Å². The number of fused-ring (bicyclic) bond motifs is 1. The van der Waals surface area contributed by atoms with Crippen molar-refractivity contribution in [2.24, 2.45) is 5.92 Å². The average Bonchev–Trinajstić information content (AvgIpc) is 3.05. The number of pyridine rings is 1. The number of aromatic nitrogens is 3. The van der Waals surface area contributed by atoms with Gasteiger partial charge in [-0.05, 0) is 12.8 Å². The number of anilines is 1. The smallest absolute Gasteiger partial charge is 0.272 e. The number of carbonyl (C=O) groups excluding carboxylic acids is 1. The number of rotatable bonds is 5. The Hall–Kier alpha value is -3.55. The van der Waals surface area contributed by atoms with Gasteiger partial charge in [-0.15, -0.1) is 0 Å². The highest BCUT2D eigenvalue weighted by atomic mass is 19.3. The van der Waals surface area contributed by atoms with E-state index in [4.69, 9.17) is 9.47 Å². The van der Waals surface area contributed by atoms with Crippen molar-refractivity contribution in [2.45, 2.75) is 25.8 Å². The maximum absolute atomic E-state index is 13.2. The van der Waals surface area contributed by atoms with Crippen molar-refractivity contribution in [2.75, 3.05) is 37.7 Å². The second-order valence-corrected chi connectivity index (χ2v) is 7.55. The fraction of sp³-hybridized carbons (Fsp3) is 0.476.